The Labute approximate surface area is 102 Å². The summed E-state index contributed by atoms with van der Waals surface area (Å²) in [6, 6.07) is 3.81. The zero-order chi connectivity index (χ0) is 12.8. The molecule has 0 unspecified atom stereocenters. The third-order valence-corrected chi connectivity index (χ3v) is 2.50. The Morgan fingerprint density at radius 3 is 2.71 bits per heavy atom. The Morgan fingerprint density at radius 1 is 1.41 bits per heavy atom. The van der Waals surface area contributed by atoms with E-state index in [1.165, 1.54) is 0 Å². The standard InChI is InChI=1S/C13H19NO3/c1-9-6-10(2)13(17-3)11(7-9)12(16)8-14-4-5-15/h6-7,14-15H,4-5,8H2,1-3H3. The number of hydrogen-bond acceptors (Lipinski definition) is 4. The zero-order valence-corrected chi connectivity index (χ0v) is 10.5. The Bertz CT molecular complexity index is 402. The Kier molecular flexibility index (Phi) is 5.12. The van der Waals surface area contributed by atoms with Crippen LogP contribution in [0.1, 0.15) is 21.5 Å². The fraction of sp³-hybridized carbons (Fsp3) is 0.462. The maximum absolute atomic E-state index is 12.0. The summed E-state index contributed by atoms with van der Waals surface area (Å²) in [5.41, 5.74) is 2.59. The number of carbonyl (C=O) groups excluding carboxylic acids is 1. The van der Waals surface area contributed by atoms with Crippen LogP contribution in [0.15, 0.2) is 12.1 Å². The molecule has 0 aliphatic carbocycles. The average molecular weight is 237 g/mol. The third-order valence-electron chi connectivity index (χ3n) is 2.50. The Hall–Kier alpha value is -1.39. The number of nitrogens with one attached hydrogen (secondary N) is 1. The minimum atomic E-state index is -0.0258. The summed E-state index contributed by atoms with van der Waals surface area (Å²) in [5, 5.41) is 11.5. The van der Waals surface area contributed by atoms with Crippen molar-refractivity contribution in [3.05, 3.63) is 28.8 Å². The number of rotatable bonds is 6. The second kappa shape index (κ2) is 6.37. The van der Waals surface area contributed by atoms with E-state index < -0.39 is 0 Å². The molecule has 0 spiro atoms. The average Bonchev–Trinajstić information content (AvgIpc) is 2.28. The molecule has 0 radical (unpaired) electrons. The summed E-state index contributed by atoms with van der Waals surface area (Å²) >= 11 is 0. The lowest BCUT2D eigenvalue weighted by atomic mass is 10.0. The van der Waals surface area contributed by atoms with E-state index in [4.69, 9.17) is 9.84 Å². The van der Waals surface area contributed by atoms with Crippen molar-refractivity contribution in [2.45, 2.75) is 13.8 Å². The van der Waals surface area contributed by atoms with Crippen LogP contribution in [-0.2, 0) is 0 Å². The molecule has 0 bridgehead atoms. The van der Waals surface area contributed by atoms with Crippen LogP contribution in [0, 0.1) is 13.8 Å². The molecule has 4 nitrogen and oxygen atoms in total. The van der Waals surface area contributed by atoms with Crippen molar-refractivity contribution in [2.24, 2.45) is 0 Å². The summed E-state index contributed by atoms with van der Waals surface area (Å²) in [6.07, 6.45) is 0. The van der Waals surface area contributed by atoms with E-state index in [0.717, 1.165) is 11.1 Å². The van der Waals surface area contributed by atoms with Crippen LogP contribution in [0.4, 0.5) is 0 Å². The van der Waals surface area contributed by atoms with Gasteiger partial charge in [0.1, 0.15) is 5.75 Å². The van der Waals surface area contributed by atoms with Gasteiger partial charge < -0.3 is 15.2 Å². The first-order chi connectivity index (χ1) is 8.10. The number of benzene rings is 1. The number of aryl methyl sites for hydroxylation is 2. The summed E-state index contributed by atoms with van der Waals surface area (Å²) in [4.78, 5) is 12.0. The van der Waals surface area contributed by atoms with Crippen molar-refractivity contribution in [1.29, 1.82) is 0 Å². The number of hydrogen-bond donors (Lipinski definition) is 2. The van der Waals surface area contributed by atoms with E-state index in [-0.39, 0.29) is 18.9 Å². The van der Waals surface area contributed by atoms with E-state index in [1.54, 1.807) is 7.11 Å². The number of methoxy groups -OCH3 is 1. The molecule has 1 aromatic rings. The monoisotopic (exact) mass is 237 g/mol. The van der Waals surface area contributed by atoms with Crippen LogP contribution in [0.5, 0.6) is 5.75 Å². The van der Waals surface area contributed by atoms with E-state index in [1.807, 2.05) is 26.0 Å². The van der Waals surface area contributed by atoms with Crippen LogP contribution < -0.4 is 10.1 Å². The first-order valence-corrected chi connectivity index (χ1v) is 5.60. The Balaban J connectivity index is 2.91. The highest BCUT2D eigenvalue weighted by atomic mass is 16.5. The van der Waals surface area contributed by atoms with E-state index in [9.17, 15) is 4.79 Å². The Morgan fingerprint density at radius 2 is 2.12 bits per heavy atom. The molecule has 4 heteroatoms. The van der Waals surface area contributed by atoms with Gasteiger partial charge in [-0.05, 0) is 31.0 Å². The predicted molar refractivity (Wildman–Crippen MR) is 66.8 cm³/mol. The largest absolute Gasteiger partial charge is 0.496 e. The third kappa shape index (κ3) is 3.54. The van der Waals surface area contributed by atoms with Gasteiger partial charge in [0, 0.05) is 6.54 Å². The van der Waals surface area contributed by atoms with Gasteiger partial charge in [-0.15, -0.1) is 0 Å². The number of aliphatic hydroxyl groups is 1. The number of aliphatic hydroxyl groups excluding tert-OH is 1. The fourth-order valence-corrected chi connectivity index (χ4v) is 1.81. The summed E-state index contributed by atoms with van der Waals surface area (Å²) < 4.78 is 5.26. The lowest BCUT2D eigenvalue weighted by Crippen LogP contribution is -2.26. The van der Waals surface area contributed by atoms with Crippen LogP contribution in [-0.4, -0.2) is 37.7 Å². The van der Waals surface area contributed by atoms with Gasteiger partial charge >= 0.3 is 0 Å². The maximum Gasteiger partial charge on any atom is 0.180 e. The fourth-order valence-electron chi connectivity index (χ4n) is 1.81. The molecule has 17 heavy (non-hydrogen) atoms. The van der Waals surface area contributed by atoms with Gasteiger partial charge in [0.25, 0.3) is 0 Å². The van der Waals surface area contributed by atoms with Gasteiger partial charge in [0.05, 0.1) is 25.8 Å². The molecule has 94 valence electrons. The minimum absolute atomic E-state index is 0.0251. The molecule has 0 heterocycles. The number of ketones is 1. The molecule has 0 aliphatic heterocycles. The zero-order valence-electron chi connectivity index (χ0n) is 10.5. The highest BCUT2D eigenvalue weighted by Crippen LogP contribution is 2.25. The van der Waals surface area contributed by atoms with Crippen LogP contribution in [0.3, 0.4) is 0 Å². The first kappa shape index (κ1) is 13.7. The van der Waals surface area contributed by atoms with Crippen molar-refractivity contribution in [3.63, 3.8) is 0 Å². The van der Waals surface area contributed by atoms with Gasteiger partial charge in [-0.3, -0.25) is 4.79 Å². The molecule has 0 aliphatic rings. The van der Waals surface area contributed by atoms with Crippen LogP contribution in [0.25, 0.3) is 0 Å². The van der Waals surface area contributed by atoms with E-state index in [0.29, 0.717) is 17.9 Å². The molecular formula is C13H19NO3. The molecular weight excluding hydrogens is 218 g/mol. The van der Waals surface area contributed by atoms with Crippen molar-refractivity contribution in [1.82, 2.24) is 5.32 Å². The molecule has 0 amide bonds. The number of Topliss-reactive ketones (excluding diaryl/α,β-unsaturated/α-hetero) is 1. The van der Waals surface area contributed by atoms with Gasteiger partial charge in [-0.1, -0.05) is 6.07 Å². The summed E-state index contributed by atoms with van der Waals surface area (Å²) in [5.74, 6) is 0.605. The second-order valence-corrected chi connectivity index (χ2v) is 3.99. The second-order valence-electron chi connectivity index (χ2n) is 3.99. The highest BCUT2D eigenvalue weighted by molar-refractivity contribution is 6.00. The van der Waals surface area contributed by atoms with Gasteiger partial charge in [-0.2, -0.15) is 0 Å². The van der Waals surface area contributed by atoms with Crippen molar-refractivity contribution in [3.8, 4) is 5.75 Å². The minimum Gasteiger partial charge on any atom is -0.496 e. The first-order valence-electron chi connectivity index (χ1n) is 5.60. The van der Waals surface area contributed by atoms with Gasteiger partial charge in [0.2, 0.25) is 0 Å². The van der Waals surface area contributed by atoms with Crippen molar-refractivity contribution < 1.29 is 14.6 Å². The van der Waals surface area contributed by atoms with Crippen LogP contribution in [0.2, 0.25) is 0 Å². The topological polar surface area (TPSA) is 58.6 Å². The summed E-state index contributed by atoms with van der Waals surface area (Å²) in [6.45, 7) is 4.52. The molecule has 1 rings (SSSR count). The molecule has 0 saturated heterocycles. The predicted octanol–water partition coefficient (Wildman–Crippen LogP) is 1.08. The SMILES string of the molecule is COc1c(C)cc(C)cc1C(=O)CNCCO. The molecule has 0 aromatic heterocycles. The highest BCUT2D eigenvalue weighted by Gasteiger charge is 2.14. The summed E-state index contributed by atoms with van der Waals surface area (Å²) in [7, 11) is 1.57. The molecule has 1 aromatic carbocycles. The lowest BCUT2D eigenvalue weighted by molar-refractivity contribution is 0.0986. The number of carbonyl (C=O) groups is 1. The van der Waals surface area contributed by atoms with Crippen LogP contribution >= 0.6 is 0 Å². The smallest absolute Gasteiger partial charge is 0.180 e. The van der Waals surface area contributed by atoms with E-state index >= 15 is 0 Å². The molecule has 0 atom stereocenters. The molecule has 2 N–H and O–H groups in total. The normalized spacial score (nSPS) is 10.4. The molecule has 0 fully saturated rings. The van der Waals surface area contributed by atoms with Gasteiger partial charge in [-0.25, -0.2) is 0 Å². The van der Waals surface area contributed by atoms with Crippen molar-refractivity contribution in [2.75, 3.05) is 26.8 Å². The quantitative estimate of drug-likeness (QED) is 0.574. The number of ether oxygens (including phenoxy) is 1. The maximum atomic E-state index is 12.0. The van der Waals surface area contributed by atoms with Gasteiger partial charge in [0.15, 0.2) is 5.78 Å². The van der Waals surface area contributed by atoms with Crippen molar-refractivity contribution >= 4 is 5.78 Å². The van der Waals surface area contributed by atoms with E-state index in [2.05, 4.69) is 5.32 Å². The molecule has 0 saturated carbocycles. The lowest BCUT2D eigenvalue weighted by Gasteiger charge is -2.12.